The van der Waals surface area contributed by atoms with E-state index in [-0.39, 0.29) is 29.5 Å². The molecule has 1 aromatic heterocycles. The van der Waals surface area contributed by atoms with E-state index >= 15 is 0 Å². The highest BCUT2D eigenvalue weighted by atomic mass is 35.5. The van der Waals surface area contributed by atoms with Crippen LogP contribution in [0, 0.1) is 5.92 Å². The summed E-state index contributed by atoms with van der Waals surface area (Å²) in [5, 5.41) is 11.6. The van der Waals surface area contributed by atoms with Gasteiger partial charge in [0.1, 0.15) is 11.0 Å². The SMILES string of the molecule is CC(C)CC(CO)Nc1cc(Cl)nc(C(F)(F)F)n1. The molecular weight excluding hydrogens is 283 g/mol. The summed E-state index contributed by atoms with van der Waals surface area (Å²) in [7, 11) is 0. The third-order valence-corrected chi connectivity index (χ3v) is 2.47. The molecule has 0 saturated carbocycles. The molecule has 1 rings (SSSR count). The summed E-state index contributed by atoms with van der Waals surface area (Å²) in [5.74, 6) is -1.07. The zero-order valence-electron chi connectivity index (χ0n) is 10.5. The summed E-state index contributed by atoms with van der Waals surface area (Å²) in [5.41, 5.74) is 0. The minimum Gasteiger partial charge on any atom is -0.394 e. The number of anilines is 1. The Hall–Kier alpha value is -1.08. The van der Waals surface area contributed by atoms with Gasteiger partial charge in [-0.3, -0.25) is 0 Å². The number of nitrogens with zero attached hydrogens (tertiary/aromatic N) is 2. The van der Waals surface area contributed by atoms with Gasteiger partial charge in [-0.2, -0.15) is 13.2 Å². The summed E-state index contributed by atoms with van der Waals surface area (Å²) in [6.07, 6.45) is -4.06. The lowest BCUT2D eigenvalue weighted by Crippen LogP contribution is -2.26. The quantitative estimate of drug-likeness (QED) is 0.820. The van der Waals surface area contributed by atoms with Crippen LogP contribution in [0.5, 0.6) is 0 Å². The third kappa shape index (κ3) is 5.20. The average Bonchev–Trinajstić information content (AvgIpc) is 2.25. The maximum Gasteiger partial charge on any atom is 0.451 e. The van der Waals surface area contributed by atoms with Gasteiger partial charge in [-0.05, 0) is 12.3 Å². The van der Waals surface area contributed by atoms with Crippen LogP contribution in [-0.2, 0) is 6.18 Å². The Kier molecular flexibility index (Phi) is 5.37. The maximum atomic E-state index is 12.5. The van der Waals surface area contributed by atoms with Gasteiger partial charge in [0.05, 0.1) is 12.6 Å². The molecule has 0 aliphatic carbocycles. The van der Waals surface area contributed by atoms with Crippen LogP contribution in [0.1, 0.15) is 26.1 Å². The summed E-state index contributed by atoms with van der Waals surface area (Å²) in [4.78, 5) is 6.48. The van der Waals surface area contributed by atoms with Crippen LogP contribution >= 0.6 is 11.6 Å². The van der Waals surface area contributed by atoms with E-state index in [0.717, 1.165) is 0 Å². The van der Waals surface area contributed by atoms with Crippen molar-refractivity contribution in [1.29, 1.82) is 0 Å². The van der Waals surface area contributed by atoms with Crippen LogP contribution in [0.25, 0.3) is 0 Å². The first kappa shape index (κ1) is 16.0. The van der Waals surface area contributed by atoms with Gasteiger partial charge in [-0.25, -0.2) is 9.97 Å². The lowest BCUT2D eigenvalue weighted by atomic mass is 10.0. The molecule has 0 aromatic carbocycles. The molecule has 0 aliphatic rings. The molecule has 1 unspecified atom stereocenters. The predicted molar refractivity (Wildman–Crippen MR) is 66.0 cm³/mol. The van der Waals surface area contributed by atoms with E-state index in [1.165, 1.54) is 6.07 Å². The number of halogens is 4. The second-order valence-electron chi connectivity index (χ2n) is 4.55. The lowest BCUT2D eigenvalue weighted by molar-refractivity contribution is -0.144. The van der Waals surface area contributed by atoms with Crippen molar-refractivity contribution in [3.63, 3.8) is 0 Å². The lowest BCUT2D eigenvalue weighted by Gasteiger charge is -2.19. The maximum absolute atomic E-state index is 12.5. The highest BCUT2D eigenvalue weighted by Gasteiger charge is 2.35. The molecular formula is C11H15ClF3N3O. The molecule has 4 nitrogen and oxygen atoms in total. The Morgan fingerprint density at radius 3 is 2.47 bits per heavy atom. The molecule has 1 heterocycles. The second kappa shape index (κ2) is 6.38. The Labute approximate surface area is 114 Å². The monoisotopic (exact) mass is 297 g/mol. The van der Waals surface area contributed by atoms with Crippen molar-refractivity contribution in [2.24, 2.45) is 5.92 Å². The van der Waals surface area contributed by atoms with Gasteiger partial charge in [-0.15, -0.1) is 0 Å². The fraction of sp³-hybridized carbons (Fsp3) is 0.636. The smallest absolute Gasteiger partial charge is 0.394 e. The molecule has 2 N–H and O–H groups in total. The Morgan fingerprint density at radius 1 is 1.37 bits per heavy atom. The number of aliphatic hydroxyl groups excluding tert-OH is 1. The van der Waals surface area contributed by atoms with Crippen LogP contribution in [0.2, 0.25) is 5.15 Å². The Balaban J connectivity index is 2.91. The largest absolute Gasteiger partial charge is 0.451 e. The van der Waals surface area contributed by atoms with Crippen molar-refractivity contribution in [2.75, 3.05) is 11.9 Å². The molecule has 0 aliphatic heterocycles. The van der Waals surface area contributed by atoms with E-state index in [1.807, 2.05) is 13.8 Å². The van der Waals surface area contributed by atoms with Crippen LogP contribution < -0.4 is 5.32 Å². The molecule has 0 amide bonds. The number of rotatable bonds is 5. The first-order valence-corrected chi connectivity index (χ1v) is 6.09. The van der Waals surface area contributed by atoms with E-state index < -0.39 is 12.0 Å². The van der Waals surface area contributed by atoms with Crippen molar-refractivity contribution in [2.45, 2.75) is 32.5 Å². The Morgan fingerprint density at radius 2 is 2.00 bits per heavy atom. The molecule has 0 spiro atoms. The average molecular weight is 298 g/mol. The molecule has 0 bridgehead atoms. The standard InChI is InChI=1S/C11H15ClF3N3O/c1-6(2)3-7(5-19)16-9-4-8(12)17-10(18-9)11(13,14)15/h4,6-7,19H,3,5H2,1-2H3,(H,16,17,18). The van der Waals surface area contributed by atoms with Crippen molar-refractivity contribution in [3.05, 3.63) is 17.0 Å². The van der Waals surface area contributed by atoms with E-state index in [2.05, 4.69) is 15.3 Å². The minimum absolute atomic E-state index is 0.0491. The summed E-state index contributed by atoms with van der Waals surface area (Å²) in [6.45, 7) is 3.68. The zero-order valence-corrected chi connectivity index (χ0v) is 11.3. The predicted octanol–water partition coefficient (Wildman–Crippen LogP) is 2.97. The van der Waals surface area contributed by atoms with E-state index in [0.29, 0.717) is 6.42 Å². The molecule has 1 atom stereocenters. The van der Waals surface area contributed by atoms with Gasteiger partial charge in [0, 0.05) is 6.07 Å². The summed E-state index contributed by atoms with van der Waals surface area (Å²) < 4.78 is 37.5. The first-order valence-electron chi connectivity index (χ1n) is 5.71. The van der Waals surface area contributed by atoms with Crippen molar-refractivity contribution in [1.82, 2.24) is 9.97 Å². The number of nitrogens with one attached hydrogen (secondary N) is 1. The van der Waals surface area contributed by atoms with Crippen molar-refractivity contribution < 1.29 is 18.3 Å². The molecule has 1 aromatic rings. The van der Waals surface area contributed by atoms with Crippen LogP contribution in [-0.4, -0.2) is 27.7 Å². The fourth-order valence-electron chi connectivity index (χ4n) is 1.58. The number of hydrogen-bond donors (Lipinski definition) is 2. The van der Waals surface area contributed by atoms with Gasteiger partial charge < -0.3 is 10.4 Å². The topological polar surface area (TPSA) is 58.0 Å². The zero-order chi connectivity index (χ0) is 14.6. The third-order valence-electron chi connectivity index (χ3n) is 2.28. The highest BCUT2D eigenvalue weighted by Crippen LogP contribution is 2.28. The number of aromatic nitrogens is 2. The Bertz CT molecular complexity index is 426. The van der Waals surface area contributed by atoms with E-state index in [1.54, 1.807) is 0 Å². The van der Waals surface area contributed by atoms with Gasteiger partial charge in [0.2, 0.25) is 5.82 Å². The van der Waals surface area contributed by atoms with Crippen LogP contribution in [0.3, 0.4) is 0 Å². The van der Waals surface area contributed by atoms with Crippen LogP contribution in [0.15, 0.2) is 6.07 Å². The van der Waals surface area contributed by atoms with Crippen molar-refractivity contribution in [3.8, 4) is 0 Å². The number of aliphatic hydroxyl groups is 1. The van der Waals surface area contributed by atoms with Gasteiger partial charge >= 0.3 is 6.18 Å². The minimum atomic E-state index is -4.66. The summed E-state index contributed by atoms with van der Waals surface area (Å²) >= 11 is 5.53. The number of alkyl halides is 3. The summed E-state index contributed by atoms with van der Waals surface area (Å²) in [6, 6.07) is 0.812. The van der Waals surface area contributed by atoms with Crippen molar-refractivity contribution >= 4 is 17.4 Å². The number of hydrogen-bond acceptors (Lipinski definition) is 4. The normalized spacial score (nSPS) is 13.7. The second-order valence-corrected chi connectivity index (χ2v) is 4.94. The van der Waals surface area contributed by atoms with E-state index in [4.69, 9.17) is 11.6 Å². The molecule has 0 fully saturated rings. The highest BCUT2D eigenvalue weighted by molar-refractivity contribution is 6.29. The van der Waals surface area contributed by atoms with Gasteiger partial charge in [0.15, 0.2) is 0 Å². The first-order chi connectivity index (χ1) is 8.72. The molecule has 19 heavy (non-hydrogen) atoms. The molecule has 0 saturated heterocycles. The molecule has 0 radical (unpaired) electrons. The van der Waals surface area contributed by atoms with E-state index in [9.17, 15) is 18.3 Å². The van der Waals surface area contributed by atoms with Gasteiger partial charge in [0.25, 0.3) is 0 Å². The van der Waals surface area contributed by atoms with Gasteiger partial charge in [-0.1, -0.05) is 25.4 Å². The fourth-order valence-corrected chi connectivity index (χ4v) is 1.76. The van der Waals surface area contributed by atoms with Crippen LogP contribution in [0.4, 0.5) is 19.0 Å². The molecule has 108 valence electrons. The molecule has 8 heteroatoms.